The summed E-state index contributed by atoms with van der Waals surface area (Å²) in [5.74, 6) is -1.03. The first-order chi connectivity index (χ1) is 23.7. The van der Waals surface area contributed by atoms with Crippen molar-refractivity contribution in [1.82, 2.24) is 15.0 Å². The molecule has 0 fully saturated rings. The molecule has 10 nitrogen and oxygen atoms in total. The standard InChI is InChI=1S/C39H33N5O5/c1-25-5-9-28(10-6-25)29-13-15-31(16-14-29)38-42-37(43-49-38)30-11-7-26(8-12-30)23-44(24-36(46)47)39(48)32-17-19-34(20-18-32)41-35(45)22-27-3-2-4-33(40)21-27/h2-21H,22-24,40H2,1H3,(H,41,45)(H,46,47). The van der Waals surface area contributed by atoms with Crippen LogP contribution >= 0.6 is 0 Å². The van der Waals surface area contributed by atoms with Gasteiger partial charge in [0.25, 0.3) is 11.8 Å². The molecule has 0 bridgehead atoms. The summed E-state index contributed by atoms with van der Waals surface area (Å²) in [6, 6.07) is 36.8. The summed E-state index contributed by atoms with van der Waals surface area (Å²) in [6.07, 6.45) is 0.146. The molecule has 6 rings (SSSR count). The molecule has 0 saturated carbocycles. The topological polar surface area (TPSA) is 152 Å². The summed E-state index contributed by atoms with van der Waals surface area (Å²) in [5, 5.41) is 16.5. The number of amides is 2. The quantitative estimate of drug-likeness (QED) is 0.128. The van der Waals surface area contributed by atoms with Crippen LogP contribution in [0.25, 0.3) is 34.0 Å². The van der Waals surface area contributed by atoms with Crippen LogP contribution in [-0.2, 0) is 22.6 Å². The van der Waals surface area contributed by atoms with Gasteiger partial charge in [0.15, 0.2) is 0 Å². The SMILES string of the molecule is Cc1ccc(-c2ccc(-c3nc(-c4ccc(CN(CC(=O)O)C(=O)c5ccc(NC(=O)Cc6cccc(N)c6)cc5)cc4)no3)cc2)cc1. The zero-order valence-corrected chi connectivity index (χ0v) is 26.7. The molecule has 5 aromatic carbocycles. The average molecular weight is 652 g/mol. The average Bonchev–Trinajstić information content (AvgIpc) is 3.59. The third-order valence-electron chi connectivity index (χ3n) is 7.87. The summed E-state index contributed by atoms with van der Waals surface area (Å²) in [5.41, 5.74) is 13.6. The Hall–Kier alpha value is -6.55. The Morgan fingerprint density at radius 2 is 1.41 bits per heavy atom. The molecule has 0 aliphatic carbocycles. The lowest BCUT2D eigenvalue weighted by molar-refractivity contribution is -0.137. The first kappa shape index (κ1) is 32.4. The van der Waals surface area contributed by atoms with E-state index in [0.717, 1.165) is 27.8 Å². The molecule has 0 atom stereocenters. The third kappa shape index (κ3) is 8.25. The molecule has 0 unspecified atom stereocenters. The van der Waals surface area contributed by atoms with E-state index in [9.17, 15) is 19.5 Å². The molecule has 2 amide bonds. The largest absolute Gasteiger partial charge is 0.480 e. The Bertz CT molecular complexity index is 2090. The van der Waals surface area contributed by atoms with Crippen LogP contribution in [0.15, 0.2) is 126 Å². The molecule has 244 valence electrons. The van der Waals surface area contributed by atoms with Crippen LogP contribution in [0, 0.1) is 6.92 Å². The molecule has 1 aromatic heterocycles. The fourth-order valence-corrected chi connectivity index (χ4v) is 5.32. The molecule has 10 heteroatoms. The third-order valence-corrected chi connectivity index (χ3v) is 7.87. The van der Waals surface area contributed by atoms with Gasteiger partial charge in [-0.2, -0.15) is 4.98 Å². The van der Waals surface area contributed by atoms with E-state index in [2.05, 4.69) is 46.6 Å². The second kappa shape index (κ2) is 14.5. The summed E-state index contributed by atoms with van der Waals surface area (Å²) >= 11 is 0. The summed E-state index contributed by atoms with van der Waals surface area (Å²) < 4.78 is 5.54. The van der Waals surface area contributed by atoms with Crippen LogP contribution in [-0.4, -0.2) is 44.5 Å². The van der Waals surface area contributed by atoms with Gasteiger partial charge in [0.1, 0.15) is 6.54 Å². The van der Waals surface area contributed by atoms with Crippen molar-refractivity contribution in [1.29, 1.82) is 0 Å². The monoisotopic (exact) mass is 651 g/mol. The number of hydrogen-bond acceptors (Lipinski definition) is 7. The number of hydrogen-bond donors (Lipinski definition) is 3. The minimum absolute atomic E-state index is 0.0644. The van der Waals surface area contributed by atoms with Gasteiger partial charge in [0, 0.05) is 34.6 Å². The van der Waals surface area contributed by atoms with Crippen molar-refractivity contribution in [2.24, 2.45) is 0 Å². The van der Waals surface area contributed by atoms with Crippen molar-refractivity contribution in [2.45, 2.75) is 19.9 Å². The number of aromatic nitrogens is 2. The van der Waals surface area contributed by atoms with Gasteiger partial charge < -0.3 is 25.6 Å². The Balaban J connectivity index is 1.09. The van der Waals surface area contributed by atoms with E-state index in [1.54, 1.807) is 66.7 Å². The number of anilines is 2. The van der Waals surface area contributed by atoms with Crippen molar-refractivity contribution in [3.8, 4) is 34.0 Å². The molecule has 4 N–H and O–H groups in total. The van der Waals surface area contributed by atoms with Crippen molar-refractivity contribution >= 4 is 29.2 Å². The van der Waals surface area contributed by atoms with E-state index >= 15 is 0 Å². The van der Waals surface area contributed by atoms with Crippen LogP contribution in [0.4, 0.5) is 11.4 Å². The number of carboxylic acids is 1. The highest BCUT2D eigenvalue weighted by atomic mass is 16.5. The highest BCUT2D eigenvalue weighted by Crippen LogP contribution is 2.26. The number of nitrogens with one attached hydrogen (secondary N) is 1. The van der Waals surface area contributed by atoms with Crippen molar-refractivity contribution in [3.05, 3.63) is 144 Å². The lowest BCUT2D eigenvalue weighted by Gasteiger charge is -2.21. The highest BCUT2D eigenvalue weighted by Gasteiger charge is 2.20. The number of rotatable bonds is 11. The number of benzene rings is 5. The number of carboxylic acid groups (broad SMARTS) is 1. The number of nitrogen functional groups attached to an aromatic ring is 1. The maximum absolute atomic E-state index is 13.4. The fourth-order valence-electron chi connectivity index (χ4n) is 5.32. The van der Waals surface area contributed by atoms with Crippen molar-refractivity contribution < 1.29 is 24.0 Å². The molecule has 0 radical (unpaired) electrons. The molecule has 0 spiro atoms. The maximum Gasteiger partial charge on any atom is 0.323 e. The molecule has 0 saturated heterocycles. The van der Waals surface area contributed by atoms with E-state index in [1.165, 1.54) is 10.5 Å². The van der Waals surface area contributed by atoms with Crippen LogP contribution in [0.1, 0.15) is 27.0 Å². The maximum atomic E-state index is 13.4. The fraction of sp³-hybridized carbons (Fsp3) is 0.103. The minimum atomic E-state index is -1.14. The molecule has 0 aliphatic rings. The summed E-state index contributed by atoms with van der Waals surface area (Å²) in [4.78, 5) is 43.3. The summed E-state index contributed by atoms with van der Waals surface area (Å²) in [7, 11) is 0. The molecule has 1 heterocycles. The number of nitrogens with two attached hydrogens (primary N) is 1. The molecule has 6 aromatic rings. The van der Waals surface area contributed by atoms with E-state index in [0.29, 0.717) is 28.7 Å². The zero-order chi connectivity index (χ0) is 34.3. The van der Waals surface area contributed by atoms with Gasteiger partial charge in [-0.3, -0.25) is 14.4 Å². The van der Waals surface area contributed by atoms with Crippen molar-refractivity contribution in [3.63, 3.8) is 0 Å². The van der Waals surface area contributed by atoms with Gasteiger partial charge in [-0.05, 0) is 77.7 Å². The molecular weight excluding hydrogens is 618 g/mol. The first-order valence-electron chi connectivity index (χ1n) is 15.6. The molecule has 49 heavy (non-hydrogen) atoms. The number of aliphatic carboxylic acids is 1. The van der Waals surface area contributed by atoms with Gasteiger partial charge in [-0.15, -0.1) is 0 Å². The van der Waals surface area contributed by atoms with E-state index < -0.39 is 18.4 Å². The van der Waals surface area contributed by atoms with Crippen molar-refractivity contribution in [2.75, 3.05) is 17.6 Å². The van der Waals surface area contributed by atoms with Crippen LogP contribution in [0.5, 0.6) is 0 Å². The van der Waals surface area contributed by atoms with E-state index in [-0.39, 0.29) is 24.4 Å². The lowest BCUT2D eigenvalue weighted by Crippen LogP contribution is -2.35. The Morgan fingerprint density at radius 3 is 2.06 bits per heavy atom. The predicted molar refractivity (Wildman–Crippen MR) is 187 cm³/mol. The van der Waals surface area contributed by atoms with Crippen LogP contribution in [0.3, 0.4) is 0 Å². The second-order valence-electron chi connectivity index (χ2n) is 11.7. The minimum Gasteiger partial charge on any atom is -0.480 e. The highest BCUT2D eigenvalue weighted by molar-refractivity contribution is 5.97. The van der Waals surface area contributed by atoms with E-state index in [1.807, 2.05) is 30.3 Å². The lowest BCUT2D eigenvalue weighted by atomic mass is 10.0. The van der Waals surface area contributed by atoms with Gasteiger partial charge in [-0.1, -0.05) is 83.5 Å². The number of aryl methyl sites for hydroxylation is 1. The second-order valence-corrected chi connectivity index (χ2v) is 11.7. The van der Waals surface area contributed by atoms with Gasteiger partial charge >= 0.3 is 5.97 Å². The number of carbonyl (C=O) groups excluding carboxylic acids is 2. The van der Waals surface area contributed by atoms with Crippen LogP contribution < -0.4 is 11.1 Å². The molecular formula is C39H33N5O5. The van der Waals surface area contributed by atoms with Gasteiger partial charge in [0.2, 0.25) is 11.7 Å². The number of carbonyl (C=O) groups is 3. The van der Waals surface area contributed by atoms with E-state index in [4.69, 9.17) is 10.3 Å². The smallest absolute Gasteiger partial charge is 0.323 e. The first-order valence-corrected chi connectivity index (χ1v) is 15.6. The predicted octanol–water partition coefficient (Wildman–Crippen LogP) is 6.87. The Kier molecular flexibility index (Phi) is 9.57. The Labute approximate surface area is 282 Å². The summed E-state index contributed by atoms with van der Waals surface area (Å²) in [6.45, 7) is 1.63. The van der Waals surface area contributed by atoms with Gasteiger partial charge in [0.05, 0.1) is 6.42 Å². The van der Waals surface area contributed by atoms with Gasteiger partial charge in [-0.25, -0.2) is 0 Å². The van der Waals surface area contributed by atoms with Crippen LogP contribution in [0.2, 0.25) is 0 Å². The Morgan fingerprint density at radius 1 is 0.776 bits per heavy atom. The zero-order valence-electron chi connectivity index (χ0n) is 26.7. The normalized spacial score (nSPS) is 10.8. The molecule has 0 aliphatic heterocycles. The number of nitrogens with zero attached hydrogens (tertiary/aromatic N) is 3.